The van der Waals surface area contributed by atoms with E-state index in [9.17, 15) is 33.4 Å². The predicted octanol–water partition coefficient (Wildman–Crippen LogP) is 12.8. The van der Waals surface area contributed by atoms with Crippen molar-refractivity contribution in [2.24, 2.45) is 0 Å². The second-order valence-electron chi connectivity index (χ2n) is 20.1. The summed E-state index contributed by atoms with van der Waals surface area (Å²) in [4.78, 5) is 72.1. The van der Waals surface area contributed by atoms with Gasteiger partial charge in [-0.3, -0.25) is 28.2 Å². The molecule has 0 saturated carbocycles. The monoisotopic (exact) mass is 1070 g/mol. The van der Waals surface area contributed by atoms with Gasteiger partial charge in [-0.1, -0.05) is 147 Å². The number of esters is 2. The number of hydrogen-bond donors (Lipinski definition) is 5. The molecule has 2 aliphatic rings. The third kappa shape index (κ3) is 38.3. The van der Waals surface area contributed by atoms with Crippen molar-refractivity contribution in [3.8, 4) is 0 Å². The number of phosphoric ester groups is 1. The summed E-state index contributed by atoms with van der Waals surface area (Å²) < 4.78 is 34.1. The number of ether oxygens (including phenoxy) is 2. The van der Waals surface area contributed by atoms with E-state index in [4.69, 9.17) is 18.5 Å². The van der Waals surface area contributed by atoms with E-state index in [0.29, 0.717) is 43.9 Å². The average molecular weight is 1070 g/mol. The summed E-state index contributed by atoms with van der Waals surface area (Å²) in [6.07, 6.45) is 42.7. The Kier molecular flexibility index (Phi) is 41.1. The summed E-state index contributed by atoms with van der Waals surface area (Å²) in [6.45, 7) is 3.78. The van der Waals surface area contributed by atoms with Crippen LogP contribution in [-0.4, -0.2) is 96.8 Å². The van der Waals surface area contributed by atoms with Crippen molar-refractivity contribution in [3.63, 3.8) is 0 Å². The van der Waals surface area contributed by atoms with E-state index >= 15 is 0 Å². The highest BCUT2D eigenvalue weighted by atomic mass is 32.2. The van der Waals surface area contributed by atoms with Crippen molar-refractivity contribution in [2.45, 2.75) is 262 Å². The number of amides is 4. The van der Waals surface area contributed by atoms with Gasteiger partial charge >= 0.3 is 25.8 Å². The Labute approximate surface area is 445 Å². The summed E-state index contributed by atoms with van der Waals surface area (Å²) in [5, 5.41) is 11.9. The van der Waals surface area contributed by atoms with Crippen molar-refractivity contribution in [3.05, 3.63) is 24.3 Å². The van der Waals surface area contributed by atoms with E-state index in [0.717, 1.165) is 102 Å². The van der Waals surface area contributed by atoms with Gasteiger partial charge < -0.3 is 35.6 Å². The van der Waals surface area contributed by atoms with Crippen molar-refractivity contribution in [2.75, 3.05) is 38.7 Å². The number of urea groups is 1. The minimum Gasteiger partial charge on any atom is -0.462 e. The largest absolute Gasteiger partial charge is 0.472 e. The third-order valence-corrected chi connectivity index (χ3v) is 15.8. The first-order valence-corrected chi connectivity index (χ1v) is 31.6. The normalized spacial score (nSPS) is 17.6. The minimum absolute atomic E-state index is 0.0201. The number of rotatable bonds is 50. The van der Waals surface area contributed by atoms with E-state index in [2.05, 4.69) is 59.4 Å². The molecule has 73 heavy (non-hydrogen) atoms. The van der Waals surface area contributed by atoms with Gasteiger partial charge in [0, 0.05) is 49.8 Å². The van der Waals surface area contributed by atoms with Gasteiger partial charge in [0.05, 0.1) is 25.3 Å². The molecule has 2 rings (SSSR count). The van der Waals surface area contributed by atoms with Gasteiger partial charge in [0.25, 0.3) is 0 Å². The second-order valence-corrected chi connectivity index (χ2v) is 22.8. The SMILES string of the molecule is CCCCCCCC/C=C\CCCCCCCC(=O)OC[C@H](COP(=O)(O)OCCNC(=O)CCCCNC(=O)CCCC[C@@H]1SC[C@@H]2NC(=O)N[C@@H]21)OC(=O)CCCCCCC/C=C\CCCCCCCC. The minimum atomic E-state index is -4.61. The second kappa shape index (κ2) is 45.3. The van der Waals surface area contributed by atoms with Crippen LogP contribution in [0, 0.1) is 0 Å². The van der Waals surface area contributed by atoms with Crippen molar-refractivity contribution >= 4 is 49.4 Å². The zero-order valence-corrected chi connectivity index (χ0v) is 47.2. The molecule has 2 aliphatic heterocycles. The van der Waals surface area contributed by atoms with Crippen molar-refractivity contribution < 1.29 is 52.0 Å². The van der Waals surface area contributed by atoms with E-state index in [1.54, 1.807) is 0 Å². The maximum absolute atomic E-state index is 12.9. The van der Waals surface area contributed by atoms with Crippen LogP contribution >= 0.6 is 19.6 Å². The molecule has 5 N–H and O–H groups in total. The van der Waals surface area contributed by atoms with Crippen LogP contribution in [0.1, 0.15) is 239 Å². The zero-order valence-electron chi connectivity index (χ0n) is 45.5. The molecule has 0 aromatic heterocycles. The molecule has 4 amide bonds. The Morgan fingerprint density at radius 2 is 1.08 bits per heavy atom. The molecule has 0 aromatic rings. The molecule has 2 saturated heterocycles. The fraction of sp³-hybridized carbons (Fsp3) is 0.839. The Morgan fingerprint density at radius 3 is 1.64 bits per heavy atom. The smallest absolute Gasteiger partial charge is 0.462 e. The lowest BCUT2D eigenvalue weighted by Gasteiger charge is -2.20. The number of hydrogen-bond acceptors (Lipinski definition) is 11. The number of unbranched alkanes of at least 4 members (excludes halogenated alkanes) is 24. The molecular formula is C56H101N4O11PS. The molecule has 0 bridgehead atoms. The van der Waals surface area contributed by atoms with Gasteiger partial charge in [0.2, 0.25) is 11.8 Å². The Hall–Kier alpha value is -2.91. The van der Waals surface area contributed by atoms with Crippen molar-refractivity contribution in [1.82, 2.24) is 21.3 Å². The molecule has 15 nitrogen and oxygen atoms in total. The number of allylic oxidation sites excluding steroid dienone is 4. The molecule has 0 aromatic carbocycles. The summed E-state index contributed by atoms with van der Waals surface area (Å²) in [5.74, 6) is -0.291. The van der Waals surface area contributed by atoms with Crippen molar-refractivity contribution in [1.29, 1.82) is 0 Å². The summed E-state index contributed by atoms with van der Waals surface area (Å²) in [6, 6.07) is 0.275. The maximum atomic E-state index is 12.9. The highest BCUT2D eigenvalue weighted by molar-refractivity contribution is 8.00. The van der Waals surface area contributed by atoms with Gasteiger partial charge in [0.1, 0.15) is 6.61 Å². The van der Waals surface area contributed by atoms with Gasteiger partial charge in [-0.05, 0) is 89.9 Å². The van der Waals surface area contributed by atoms with Crippen LogP contribution in [0.2, 0.25) is 0 Å². The third-order valence-electron chi connectivity index (χ3n) is 13.3. The molecule has 2 fully saturated rings. The van der Waals surface area contributed by atoms with E-state index in [-0.39, 0.29) is 69.0 Å². The molecule has 5 atom stereocenters. The highest BCUT2D eigenvalue weighted by Gasteiger charge is 2.42. The summed E-state index contributed by atoms with van der Waals surface area (Å²) in [5.41, 5.74) is 0. The Bertz CT molecular complexity index is 1570. The van der Waals surface area contributed by atoms with E-state index in [1.807, 2.05) is 11.8 Å². The van der Waals surface area contributed by atoms with Crippen LogP contribution in [0.4, 0.5) is 4.79 Å². The number of nitrogens with one attached hydrogen (secondary N) is 4. The molecule has 1 unspecified atom stereocenters. The van der Waals surface area contributed by atoms with Gasteiger partial charge in [0.15, 0.2) is 6.10 Å². The fourth-order valence-electron chi connectivity index (χ4n) is 8.95. The van der Waals surface area contributed by atoms with E-state index in [1.165, 1.54) is 77.0 Å². The van der Waals surface area contributed by atoms with Crippen LogP contribution in [0.25, 0.3) is 0 Å². The molecule has 422 valence electrons. The number of carbonyl (C=O) groups is 5. The first-order valence-electron chi connectivity index (χ1n) is 29.0. The lowest BCUT2D eigenvalue weighted by atomic mass is 10.0. The first-order chi connectivity index (χ1) is 35.5. The first kappa shape index (κ1) is 66.2. The highest BCUT2D eigenvalue weighted by Crippen LogP contribution is 2.43. The summed E-state index contributed by atoms with van der Waals surface area (Å²) >= 11 is 1.87. The molecule has 0 aliphatic carbocycles. The summed E-state index contributed by atoms with van der Waals surface area (Å²) in [7, 11) is -4.61. The number of carbonyl (C=O) groups excluding carboxylic acids is 5. The standard InChI is InChI=1S/C56H101N4O11PS/c1-3-5-7-9-11-13-15-17-19-21-23-25-27-29-31-40-53(63)68-45-48(71-54(64)41-32-30-28-26-24-22-20-18-16-14-12-10-8-6-4-2)46-70-72(66,67)69-44-43-58-52(62)39-35-36-42-57-51(61)38-34-33-37-50-55-49(47-73-50)59-56(65)60-55/h17-20,48-50,55H,3-16,21-47H2,1-2H3,(H,57,61)(H,58,62)(H,66,67)(H2,59,60,65)/b19-17-,20-18-/t48-,49+,50+,55+/m1/s1. The lowest BCUT2D eigenvalue weighted by Crippen LogP contribution is -2.36. The quantitative estimate of drug-likeness (QED) is 0.0127. The van der Waals surface area contributed by atoms with E-state index < -0.39 is 32.5 Å². The van der Waals surface area contributed by atoms with Crippen LogP contribution in [0.5, 0.6) is 0 Å². The molecule has 17 heteroatoms. The van der Waals surface area contributed by atoms with Gasteiger partial charge in [-0.15, -0.1) is 0 Å². The maximum Gasteiger partial charge on any atom is 0.472 e. The van der Waals surface area contributed by atoms with Crippen LogP contribution in [0.3, 0.4) is 0 Å². The predicted molar refractivity (Wildman–Crippen MR) is 295 cm³/mol. The number of phosphoric acid groups is 1. The molecule has 0 spiro atoms. The molecule has 2 heterocycles. The molecule has 0 radical (unpaired) electrons. The Morgan fingerprint density at radius 1 is 0.603 bits per heavy atom. The van der Waals surface area contributed by atoms with Gasteiger partial charge in [-0.25, -0.2) is 9.36 Å². The number of fused-ring (bicyclic) bond motifs is 1. The number of thioether (sulfide) groups is 1. The zero-order chi connectivity index (χ0) is 52.9. The topological polar surface area (TPSA) is 208 Å². The lowest BCUT2D eigenvalue weighted by molar-refractivity contribution is -0.161. The molecular weight excluding hydrogens is 968 g/mol. The van der Waals surface area contributed by atoms with Crippen LogP contribution < -0.4 is 21.3 Å². The Balaban J connectivity index is 1.62. The van der Waals surface area contributed by atoms with Gasteiger partial charge in [-0.2, -0.15) is 11.8 Å². The fourth-order valence-corrected chi connectivity index (χ4v) is 11.2. The van der Waals surface area contributed by atoms with Crippen LogP contribution in [0.15, 0.2) is 24.3 Å². The van der Waals surface area contributed by atoms with Crippen LogP contribution in [-0.2, 0) is 42.3 Å². The average Bonchev–Trinajstić information content (AvgIpc) is 3.93.